The van der Waals surface area contributed by atoms with Gasteiger partial charge in [0, 0.05) is 29.8 Å². The van der Waals surface area contributed by atoms with Crippen LogP contribution in [0.4, 0.5) is 5.69 Å². The fraction of sp³-hybridized carbons (Fsp3) is 0.200. The average molecular weight is 347 g/mol. The van der Waals surface area contributed by atoms with E-state index in [0.29, 0.717) is 17.1 Å². The van der Waals surface area contributed by atoms with Crippen LogP contribution in [0.3, 0.4) is 0 Å². The first-order chi connectivity index (χ1) is 12.8. The van der Waals surface area contributed by atoms with Gasteiger partial charge >= 0.3 is 0 Å². The quantitative estimate of drug-likeness (QED) is 0.788. The van der Waals surface area contributed by atoms with E-state index in [1.807, 2.05) is 30.5 Å². The summed E-state index contributed by atoms with van der Waals surface area (Å²) in [7, 11) is 0. The van der Waals surface area contributed by atoms with Gasteiger partial charge in [-0.1, -0.05) is 12.1 Å². The molecule has 3 heterocycles. The lowest BCUT2D eigenvalue weighted by Gasteiger charge is -2.09. The first kappa shape index (κ1) is 15.0. The highest BCUT2D eigenvalue weighted by Gasteiger charge is 2.18. The van der Waals surface area contributed by atoms with Crippen molar-refractivity contribution in [1.29, 1.82) is 0 Å². The summed E-state index contributed by atoms with van der Waals surface area (Å²) in [5, 5.41) is 2.95. The molecule has 130 valence electrons. The maximum absolute atomic E-state index is 12.6. The first-order valence-corrected chi connectivity index (χ1v) is 8.64. The third-order valence-corrected chi connectivity index (χ3v) is 4.77. The van der Waals surface area contributed by atoms with Crippen LogP contribution in [-0.2, 0) is 13.0 Å². The van der Waals surface area contributed by atoms with Gasteiger partial charge < -0.3 is 19.4 Å². The smallest absolute Gasteiger partial charge is 0.255 e. The molecule has 0 bridgehead atoms. The van der Waals surface area contributed by atoms with Crippen LogP contribution in [0.5, 0.6) is 11.5 Å². The summed E-state index contributed by atoms with van der Waals surface area (Å²) in [5.41, 5.74) is 3.43. The molecule has 1 amide bonds. The van der Waals surface area contributed by atoms with Gasteiger partial charge in [0.05, 0.1) is 11.9 Å². The number of aryl methyl sites for hydroxylation is 1. The molecule has 0 saturated carbocycles. The second-order valence-corrected chi connectivity index (χ2v) is 6.42. The minimum absolute atomic E-state index is 0.182. The number of benzene rings is 2. The van der Waals surface area contributed by atoms with Gasteiger partial charge in [0.25, 0.3) is 5.91 Å². The van der Waals surface area contributed by atoms with Crippen molar-refractivity contribution in [2.75, 3.05) is 12.1 Å². The molecule has 0 spiro atoms. The monoisotopic (exact) mass is 347 g/mol. The van der Waals surface area contributed by atoms with Gasteiger partial charge in [0.1, 0.15) is 5.82 Å². The van der Waals surface area contributed by atoms with Gasteiger partial charge in [-0.05, 0) is 36.8 Å². The minimum Gasteiger partial charge on any atom is -0.454 e. The van der Waals surface area contributed by atoms with E-state index in [0.717, 1.165) is 42.2 Å². The number of nitrogens with zero attached hydrogens (tertiary/aromatic N) is 2. The second-order valence-electron chi connectivity index (χ2n) is 6.42. The lowest BCUT2D eigenvalue weighted by molar-refractivity contribution is 0.102. The molecule has 1 N–H and O–H groups in total. The fourth-order valence-electron chi connectivity index (χ4n) is 3.49. The highest BCUT2D eigenvalue weighted by atomic mass is 16.7. The zero-order valence-corrected chi connectivity index (χ0v) is 14.1. The molecule has 5 rings (SSSR count). The number of hydrogen-bond acceptors (Lipinski definition) is 4. The Morgan fingerprint density at radius 2 is 2.04 bits per heavy atom. The number of carbonyl (C=O) groups is 1. The van der Waals surface area contributed by atoms with Crippen molar-refractivity contribution in [3.8, 4) is 22.8 Å². The summed E-state index contributed by atoms with van der Waals surface area (Å²) in [6, 6.07) is 13.0. The predicted molar refractivity (Wildman–Crippen MR) is 96.5 cm³/mol. The largest absolute Gasteiger partial charge is 0.454 e. The Morgan fingerprint density at radius 3 is 3.00 bits per heavy atom. The third-order valence-electron chi connectivity index (χ3n) is 4.77. The van der Waals surface area contributed by atoms with Crippen molar-refractivity contribution in [2.45, 2.75) is 19.4 Å². The van der Waals surface area contributed by atoms with E-state index in [2.05, 4.69) is 14.9 Å². The van der Waals surface area contributed by atoms with E-state index in [-0.39, 0.29) is 12.7 Å². The van der Waals surface area contributed by atoms with Crippen molar-refractivity contribution in [1.82, 2.24) is 9.55 Å². The van der Waals surface area contributed by atoms with Crippen LogP contribution in [0, 0.1) is 0 Å². The fourth-order valence-corrected chi connectivity index (χ4v) is 3.49. The molecule has 1 aromatic heterocycles. The van der Waals surface area contributed by atoms with Gasteiger partial charge in [-0.3, -0.25) is 4.79 Å². The van der Waals surface area contributed by atoms with Crippen LogP contribution < -0.4 is 14.8 Å². The molecule has 0 unspecified atom stereocenters. The maximum atomic E-state index is 12.6. The SMILES string of the molecule is O=C(Nc1cccc(-c2cnc3n2CCC3)c1)c1ccc2c(c1)OCO2. The van der Waals surface area contributed by atoms with Crippen LogP contribution in [0.25, 0.3) is 11.3 Å². The number of imidazole rings is 1. The number of amides is 1. The number of carbonyl (C=O) groups excluding carboxylic acids is 1. The molecule has 2 aromatic carbocycles. The molecule has 0 aliphatic carbocycles. The van der Waals surface area contributed by atoms with E-state index in [4.69, 9.17) is 9.47 Å². The van der Waals surface area contributed by atoms with E-state index >= 15 is 0 Å². The van der Waals surface area contributed by atoms with Gasteiger partial charge in [-0.25, -0.2) is 4.98 Å². The summed E-state index contributed by atoms with van der Waals surface area (Å²) in [4.78, 5) is 17.1. The Labute approximate surface area is 150 Å². The van der Waals surface area contributed by atoms with E-state index in [1.54, 1.807) is 18.2 Å². The average Bonchev–Trinajstić information content (AvgIpc) is 3.37. The Kier molecular flexibility index (Phi) is 3.41. The highest BCUT2D eigenvalue weighted by Crippen LogP contribution is 2.33. The summed E-state index contributed by atoms with van der Waals surface area (Å²) < 4.78 is 12.9. The Hall–Kier alpha value is -3.28. The van der Waals surface area contributed by atoms with Crippen molar-refractivity contribution in [3.63, 3.8) is 0 Å². The zero-order chi connectivity index (χ0) is 17.5. The normalized spacial score (nSPS) is 14.3. The number of hydrogen-bond donors (Lipinski definition) is 1. The summed E-state index contributed by atoms with van der Waals surface area (Å²) in [6.45, 7) is 1.19. The van der Waals surface area contributed by atoms with Crippen molar-refractivity contribution >= 4 is 11.6 Å². The summed E-state index contributed by atoms with van der Waals surface area (Å²) >= 11 is 0. The number of ether oxygens (including phenoxy) is 2. The molecule has 0 saturated heterocycles. The number of fused-ring (bicyclic) bond motifs is 2. The Morgan fingerprint density at radius 1 is 1.12 bits per heavy atom. The number of aromatic nitrogens is 2. The summed E-state index contributed by atoms with van der Waals surface area (Å²) in [6.07, 6.45) is 4.07. The zero-order valence-electron chi connectivity index (χ0n) is 14.1. The van der Waals surface area contributed by atoms with E-state index in [1.165, 1.54) is 0 Å². The molecule has 2 aliphatic rings. The Balaban J connectivity index is 1.40. The van der Waals surface area contributed by atoms with Gasteiger partial charge in [-0.2, -0.15) is 0 Å². The lowest BCUT2D eigenvalue weighted by Crippen LogP contribution is -2.11. The number of anilines is 1. The molecule has 6 nitrogen and oxygen atoms in total. The van der Waals surface area contributed by atoms with E-state index in [9.17, 15) is 4.79 Å². The van der Waals surface area contributed by atoms with Crippen molar-refractivity contribution < 1.29 is 14.3 Å². The molecular weight excluding hydrogens is 330 g/mol. The third kappa shape index (κ3) is 2.50. The molecule has 3 aromatic rings. The number of rotatable bonds is 3. The predicted octanol–water partition coefficient (Wildman–Crippen LogP) is 3.48. The van der Waals surface area contributed by atoms with Crippen LogP contribution in [-0.4, -0.2) is 22.3 Å². The molecule has 0 radical (unpaired) electrons. The first-order valence-electron chi connectivity index (χ1n) is 8.64. The second kappa shape index (κ2) is 5.91. The van der Waals surface area contributed by atoms with Crippen molar-refractivity contribution in [3.05, 3.63) is 60.0 Å². The molecule has 26 heavy (non-hydrogen) atoms. The Bertz CT molecular complexity index is 1010. The van der Waals surface area contributed by atoms with E-state index < -0.39 is 0 Å². The molecule has 6 heteroatoms. The standard InChI is InChI=1S/C20H17N3O3/c24-20(14-6-7-17-18(10-14)26-12-25-17)22-15-4-1-3-13(9-15)16-11-21-19-5-2-8-23(16)19/h1,3-4,6-7,9-11H,2,5,8,12H2,(H,22,24). The highest BCUT2D eigenvalue weighted by molar-refractivity contribution is 6.05. The topological polar surface area (TPSA) is 65.4 Å². The molecule has 0 fully saturated rings. The van der Waals surface area contributed by atoms with Crippen LogP contribution >= 0.6 is 0 Å². The molecule has 0 atom stereocenters. The lowest BCUT2D eigenvalue weighted by atomic mass is 10.1. The summed E-state index contributed by atoms with van der Waals surface area (Å²) in [5.74, 6) is 2.22. The van der Waals surface area contributed by atoms with Crippen molar-refractivity contribution in [2.24, 2.45) is 0 Å². The minimum atomic E-state index is -0.182. The molecular formula is C20H17N3O3. The van der Waals surface area contributed by atoms with Crippen LogP contribution in [0.15, 0.2) is 48.7 Å². The maximum Gasteiger partial charge on any atom is 0.255 e. The van der Waals surface area contributed by atoms with Crippen LogP contribution in [0.1, 0.15) is 22.6 Å². The number of nitrogens with one attached hydrogen (secondary N) is 1. The molecule has 2 aliphatic heterocycles. The van der Waals surface area contributed by atoms with Gasteiger partial charge in [-0.15, -0.1) is 0 Å². The van der Waals surface area contributed by atoms with Gasteiger partial charge in [0.2, 0.25) is 6.79 Å². The van der Waals surface area contributed by atoms with Crippen LogP contribution in [0.2, 0.25) is 0 Å². The van der Waals surface area contributed by atoms with Gasteiger partial charge in [0.15, 0.2) is 11.5 Å².